The summed E-state index contributed by atoms with van der Waals surface area (Å²) < 4.78 is 32.0. The van der Waals surface area contributed by atoms with Gasteiger partial charge in [0.25, 0.3) is 0 Å². The van der Waals surface area contributed by atoms with Gasteiger partial charge in [-0.05, 0) is 28.1 Å². The summed E-state index contributed by atoms with van der Waals surface area (Å²) >= 11 is 3.26. The number of methoxy groups -OCH3 is 1. The van der Waals surface area contributed by atoms with Gasteiger partial charge in [-0.1, -0.05) is 13.8 Å². The Morgan fingerprint density at radius 2 is 2.10 bits per heavy atom. The number of aliphatic carboxylic acids is 1. The van der Waals surface area contributed by atoms with Crippen LogP contribution in [0.2, 0.25) is 0 Å². The molecular weight excluding hydrogens is 362 g/mol. The molecule has 118 valence electrons. The number of carboxylic acids is 1. The number of rotatable bonds is 7. The predicted octanol–water partition coefficient (Wildman–Crippen LogP) is 2.19. The molecule has 0 aliphatic rings. The largest absolute Gasteiger partial charge is 0.496 e. The number of ether oxygens (including phenoxy) is 1. The van der Waals surface area contributed by atoms with Crippen molar-refractivity contribution in [1.82, 2.24) is 4.31 Å². The smallest absolute Gasteiger partial charge is 0.307 e. The van der Waals surface area contributed by atoms with Crippen LogP contribution in [0.15, 0.2) is 27.6 Å². The molecule has 6 nitrogen and oxygen atoms in total. The lowest BCUT2D eigenvalue weighted by atomic mass is 10.2. The fraction of sp³-hybridized carbons (Fsp3) is 0.462. The molecule has 1 rings (SSSR count). The zero-order chi connectivity index (χ0) is 16.2. The van der Waals surface area contributed by atoms with Crippen molar-refractivity contribution in [1.29, 1.82) is 0 Å². The SMILES string of the molecule is CCN(C[C@H](C)C(=O)O)S(=O)(=O)c1ccc(Br)c(OC)c1. The van der Waals surface area contributed by atoms with Crippen LogP contribution in [-0.4, -0.2) is 44.0 Å². The zero-order valence-corrected chi connectivity index (χ0v) is 14.4. The molecule has 0 unspecified atom stereocenters. The highest BCUT2D eigenvalue weighted by Crippen LogP contribution is 2.29. The van der Waals surface area contributed by atoms with Crippen LogP contribution < -0.4 is 4.74 Å². The first-order chi connectivity index (χ1) is 9.73. The first kappa shape index (κ1) is 17.9. The van der Waals surface area contributed by atoms with Gasteiger partial charge < -0.3 is 9.84 Å². The van der Waals surface area contributed by atoms with Crippen LogP contribution in [0.4, 0.5) is 0 Å². The van der Waals surface area contributed by atoms with Crippen LogP contribution in [0, 0.1) is 5.92 Å². The number of carboxylic acid groups (broad SMARTS) is 1. The number of hydrogen-bond acceptors (Lipinski definition) is 4. The number of carbonyl (C=O) groups is 1. The van der Waals surface area contributed by atoms with Crippen molar-refractivity contribution in [2.75, 3.05) is 20.2 Å². The molecule has 0 aromatic heterocycles. The highest BCUT2D eigenvalue weighted by molar-refractivity contribution is 9.10. The second-order valence-corrected chi connectivity index (χ2v) is 7.28. The minimum atomic E-state index is -3.76. The Kier molecular flexibility index (Phi) is 6.18. The minimum Gasteiger partial charge on any atom is -0.496 e. The Labute approximate surface area is 132 Å². The quantitative estimate of drug-likeness (QED) is 0.784. The van der Waals surface area contributed by atoms with Crippen LogP contribution in [0.1, 0.15) is 13.8 Å². The van der Waals surface area contributed by atoms with Gasteiger partial charge in [0, 0.05) is 19.2 Å². The number of hydrogen-bond donors (Lipinski definition) is 1. The molecule has 1 atom stereocenters. The summed E-state index contributed by atoms with van der Waals surface area (Å²) in [7, 11) is -2.31. The Hall–Kier alpha value is -1.12. The Balaban J connectivity index is 3.15. The van der Waals surface area contributed by atoms with Crippen molar-refractivity contribution in [3.05, 3.63) is 22.7 Å². The summed E-state index contributed by atoms with van der Waals surface area (Å²) in [5.74, 6) is -1.41. The normalized spacial score (nSPS) is 13.2. The van der Waals surface area contributed by atoms with Gasteiger partial charge in [0.05, 0.1) is 22.4 Å². The summed E-state index contributed by atoms with van der Waals surface area (Å²) in [4.78, 5) is 11.0. The van der Waals surface area contributed by atoms with Gasteiger partial charge >= 0.3 is 5.97 Å². The van der Waals surface area contributed by atoms with E-state index >= 15 is 0 Å². The average Bonchev–Trinajstić information content (AvgIpc) is 2.44. The maximum atomic E-state index is 12.6. The summed E-state index contributed by atoms with van der Waals surface area (Å²) in [5.41, 5.74) is 0. The molecule has 1 aromatic rings. The molecule has 0 aliphatic carbocycles. The lowest BCUT2D eigenvalue weighted by Gasteiger charge is -2.22. The van der Waals surface area contributed by atoms with E-state index in [0.717, 1.165) is 4.31 Å². The van der Waals surface area contributed by atoms with Crippen molar-refractivity contribution in [3.63, 3.8) is 0 Å². The maximum absolute atomic E-state index is 12.6. The summed E-state index contributed by atoms with van der Waals surface area (Å²) in [5, 5.41) is 8.93. The molecule has 21 heavy (non-hydrogen) atoms. The van der Waals surface area contributed by atoms with Crippen LogP contribution in [-0.2, 0) is 14.8 Å². The first-order valence-corrected chi connectivity index (χ1v) is 8.53. The van der Waals surface area contributed by atoms with Crippen molar-refractivity contribution < 1.29 is 23.1 Å². The second-order valence-electron chi connectivity index (χ2n) is 4.49. The van der Waals surface area contributed by atoms with Gasteiger partial charge in [-0.25, -0.2) is 8.42 Å². The molecule has 1 N–H and O–H groups in total. The molecule has 0 spiro atoms. The van der Waals surface area contributed by atoms with Crippen LogP contribution >= 0.6 is 15.9 Å². The number of sulfonamides is 1. The molecule has 0 bridgehead atoms. The summed E-state index contributed by atoms with van der Waals surface area (Å²) in [6, 6.07) is 4.45. The van der Waals surface area contributed by atoms with E-state index in [1.165, 1.54) is 26.2 Å². The van der Waals surface area contributed by atoms with Crippen molar-refractivity contribution in [2.45, 2.75) is 18.7 Å². The van der Waals surface area contributed by atoms with E-state index < -0.39 is 21.9 Å². The molecule has 0 fully saturated rings. The lowest BCUT2D eigenvalue weighted by Crippen LogP contribution is -2.36. The predicted molar refractivity (Wildman–Crippen MR) is 81.9 cm³/mol. The molecule has 0 amide bonds. The average molecular weight is 380 g/mol. The van der Waals surface area contributed by atoms with Gasteiger partial charge in [-0.3, -0.25) is 4.79 Å². The molecular formula is C13H18BrNO5S. The summed E-state index contributed by atoms with van der Waals surface area (Å²) in [6.45, 7) is 3.26. The van der Waals surface area contributed by atoms with E-state index in [0.29, 0.717) is 10.2 Å². The molecule has 0 radical (unpaired) electrons. The third-order valence-electron chi connectivity index (χ3n) is 3.01. The van der Waals surface area contributed by atoms with Gasteiger partial charge in [0.2, 0.25) is 10.0 Å². The Morgan fingerprint density at radius 1 is 1.48 bits per heavy atom. The van der Waals surface area contributed by atoms with Gasteiger partial charge in [-0.15, -0.1) is 0 Å². The highest BCUT2D eigenvalue weighted by atomic mass is 79.9. The van der Waals surface area contributed by atoms with E-state index in [1.807, 2.05) is 0 Å². The fourth-order valence-corrected chi connectivity index (χ4v) is 3.69. The van der Waals surface area contributed by atoms with Crippen LogP contribution in [0.25, 0.3) is 0 Å². The third-order valence-corrected chi connectivity index (χ3v) is 5.60. The highest BCUT2D eigenvalue weighted by Gasteiger charge is 2.27. The molecule has 0 saturated carbocycles. The minimum absolute atomic E-state index is 0.0713. The fourth-order valence-electron chi connectivity index (χ4n) is 1.73. The van der Waals surface area contributed by atoms with E-state index in [2.05, 4.69) is 15.9 Å². The maximum Gasteiger partial charge on any atom is 0.307 e. The molecule has 0 aliphatic heterocycles. The van der Waals surface area contributed by atoms with Crippen molar-refractivity contribution >= 4 is 31.9 Å². The van der Waals surface area contributed by atoms with Crippen molar-refractivity contribution in [3.8, 4) is 5.75 Å². The van der Waals surface area contributed by atoms with E-state index in [-0.39, 0.29) is 18.0 Å². The van der Waals surface area contributed by atoms with E-state index in [9.17, 15) is 13.2 Å². The monoisotopic (exact) mass is 379 g/mol. The van der Waals surface area contributed by atoms with Crippen LogP contribution in [0.3, 0.4) is 0 Å². The Morgan fingerprint density at radius 3 is 2.57 bits per heavy atom. The third kappa shape index (κ3) is 4.18. The van der Waals surface area contributed by atoms with Crippen molar-refractivity contribution in [2.24, 2.45) is 5.92 Å². The van der Waals surface area contributed by atoms with Gasteiger partial charge in [0.1, 0.15) is 5.75 Å². The first-order valence-electron chi connectivity index (χ1n) is 6.30. The van der Waals surface area contributed by atoms with Crippen LogP contribution in [0.5, 0.6) is 5.75 Å². The zero-order valence-electron chi connectivity index (χ0n) is 12.0. The second kappa shape index (κ2) is 7.24. The molecule has 0 heterocycles. The molecule has 0 saturated heterocycles. The summed E-state index contributed by atoms with van der Waals surface area (Å²) in [6.07, 6.45) is 0. The lowest BCUT2D eigenvalue weighted by molar-refractivity contribution is -0.141. The van der Waals surface area contributed by atoms with E-state index in [4.69, 9.17) is 9.84 Å². The van der Waals surface area contributed by atoms with E-state index in [1.54, 1.807) is 13.0 Å². The molecule has 1 aromatic carbocycles. The van der Waals surface area contributed by atoms with Gasteiger partial charge in [-0.2, -0.15) is 4.31 Å². The standard InChI is InChI=1S/C13H18BrNO5S/c1-4-15(8-9(2)13(16)17)21(18,19)10-5-6-11(14)12(7-10)20-3/h5-7,9H,4,8H2,1-3H3,(H,16,17)/t9-/m0/s1. The Bertz CT molecular complexity index is 617. The number of halogens is 1. The number of benzene rings is 1. The number of nitrogens with zero attached hydrogens (tertiary/aromatic N) is 1. The molecule has 8 heteroatoms. The topological polar surface area (TPSA) is 83.9 Å². The van der Waals surface area contributed by atoms with Gasteiger partial charge in [0.15, 0.2) is 0 Å².